The van der Waals surface area contributed by atoms with Gasteiger partial charge in [0.1, 0.15) is 0 Å². The highest BCUT2D eigenvalue weighted by Gasteiger charge is 2.19. The van der Waals surface area contributed by atoms with Crippen molar-refractivity contribution in [3.05, 3.63) is 0 Å². The summed E-state index contributed by atoms with van der Waals surface area (Å²) < 4.78 is 0. The van der Waals surface area contributed by atoms with Crippen LogP contribution in [0.2, 0.25) is 0 Å². The Bertz CT molecular complexity index is 101. The van der Waals surface area contributed by atoms with Crippen molar-refractivity contribution in [3.63, 3.8) is 0 Å². The van der Waals surface area contributed by atoms with Gasteiger partial charge in [0.15, 0.2) is 0 Å². The van der Waals surface area contributed by atoms with E-state index in [9.17, 15) is 0 Å². The molecule has 2 unspecified atom stereocenters. The second-order valence-electron chi connectivity index (χ2n) is 2.70. The third-order valence-corrected chi connectivity index (χ3v) is 2.02. The molecule has 0 spiro atoms. The Balaban J connectivity index is 2.38. The topological polar surface area (TPSA) is 38.4 Å². The van der Waals surface area contributed by atoms with Crippen LogP contribution in [0, 0.1) is 0 Å². The maximum atomic E-state index is 5.76. The molecule has 1 fully saturated rings. The SMILES string of the molecule is C=NC1CCCCC1N. The second-order valence-corrected chi connectivity index (χ2v) is 2.70. The summed E-state index contributed by atoms with van der Waals surface area (Å²) in [5.41, 5.74) is 5.76. The summed E-state index contributed by atoms with van der Waals surface area (Å²) in [6.07, 6.45) is 4.82. The van der Waals surface area contributed by atoms with Gasteiger partial charge in [0.25, 0.3) is 0 Å². The molecular weight excluding hydrogens is 112 g/mol. The minimum absolute atomic E-state index is 0.288. The van der Waals surface area contributed by atoms with Gasteiger partial charge in [-0.1, -0.05) is 12.8 Å². The molecule has 0 saturated heterocycles. The van der Waals surface area contributed by atoms with E-state index in [1.807, 2.05) is 0 Å². The minimum Gasteiger partial charge on any atom is -0.326 e. The lowest BCUT2D eigenvalue weighted by atomic mass is 9.92. The number of hydrogen-bond acceptors (Lipinski definition) is 2. The predicted octanol–water partition coefficient (Wildman–Crippen LogP) is 0.957. The molecule has 0 bridgehead atoms. The third-order valence-electron chi connectivity index (χ3n) is 2.02. The van der Waals surface area contributed by atoms with Gasteiger partial charge in [-0.25, -0.2) is 0 Å². The molecule has 0 aliphatic heterocycles. The zero-order valence-corrected chi connectivity index (χ0v) is 5.71. The van der Waals surface area contributed by atoms with E-state index in [1.54, 1.807) is 0 Å². The van der Waals surface area contributed by atoms with E-state index in [4.69, 9.17) is 5.73 Å². The average molecular weight is 126 g/mol. The summed E-state index contributed by atoms with van der Waals surface area (Å²) in [6, 6.07) is 0.634. The fourth-order valence-electron chi connectivity index (χ4n) is 1.37. The van der Waals surface area contributed by atoms with Crippen LogP contribution in [0.5, 0.6) is 0 Å². The number of rotatable bonds is 1. The van der Waals surface area contributed by atoms with Crippen LogP contribution in [0.1, 0.15) is 25.7 Å². The number of nitrogens with two attached hydrogens (primary N) is 1. The van der Waals surface area contributed by atoms with Crippen molar-refractivity contribution in [2.24, 2.45) is 10.7 Å². The number of hydrogen-bond donors (Lipinski definition) is 1. The summed E-state index contributed by atoms with van der Waals surface area (Å²) in [7, 11) is 0. The van der Waals surface area contributed by atoms with Crippen LogP contribution in [0.4, 0.5) is 0 Å². The fourth-order valence-corrected chi connectivity index (χ4v) is 1.37. The fraction of sp³-hybridized carbons (Fsp3) is 0.857. The van der Waals surface area contributed by atoms with Gasteiger partial charge in [-0.3, -0.25) is 4.99 Å². The van der Waals surface area contributed by atoms with Crippen molar-refractivity contribution in [1.82, 2.24) is 0 Å². The molecule has 2 heteroatoms. The van der Waals surface area contributed by atoms with E-state index in [2.05, 4.69) is 11.7 Å². The standard InChI is InChI=1S/C7H14N2/c1-9-7-5-3-2-4-6(7)8/h6-7H,1-5,8H2. The van der Waals surface area contributed by atoms with Crippen LogP contribution in [-0.4, -0.2) is 18.8 Å². The van der Waals surface area contributed by atoms with E-state index < -0.39 is 0 Å². The first-order valence-corrected chi connectivity index (χ1v) is 3.56. The quantitative estimate of drug-likeness (QED) is 0.522. The maximum Gasteiger partial charge on any atom is 0.0643 e. The zero-order valence-electron chi connectivity index (χ0n) is 5.71. The average Bonchev–Trinajstić information content (AvgIpc) is 1.89. The molecule has 2 atom stereocenters. The number of aliphatic imine (C=N–C) groups is 1. The Morgan fingerprint density at radius 3 is 2.44 bits per heavy atom. The second kappa shape index (κ2) is 2.97. The van der Waals surface area contributed by atoms with Crippen LogP contribution in [0.3, 0.4) is 0 Å². The van der Waals surface area contributed by atoms with Crippen LogP contribution >= 0.6 is 0 Å². The molecule has 1 aliphatic rings. The largest absolute Gasteiger partial charge is 0.326 e. The first kappa shape index (κ1) is 6.75. The Labute approximate surface area is 56.2 Å². The van der Waals surface area contributed by atoms with Crippen molar-refractivity contribution in [2.45, 2.75) is 37.8 Å². The molecule has 1 aliphatic carbocycles. The molecular formula is C7H14N2. The highest BCUT2D eigenvalue weighted by Crippen LogP contribution is 2.18. The molecule has 2 N–H and O–H groups in total. The first-order valence-electron chi connectivity index (χ1n) is 3.56. The highest BCUT2D eigenvalue weighted by molar-refractivity contribution is 5.24. The lowest BCUT2D eigenvalue weighted by Gasteiger charge is -2.24. The first-order chi connectivity index (χ1) is 4.34. The molecule has 9 heavy (non-hydrogen) atoms. The lowest BCUT2D eigenvalue weighted by Crippen LogP contribution is -2.35. The van der Waals surface area contributed by atoms with Gasteiger partial charge in [0.2, 0.25) is 0 Å². The maximum absolute atomic E-state index is 5.76. The molecule has 0 radical (unpaired) electrons. The Morgan fingerprint density at radius 1 is 1.33 bits per heavy atom. The smallest absolute Gasteiger partial charge is 0.0643 e. The Morgan fingerprint density at radius 2 is 2.00 bits per heavy atom. The van der Waals surface area contributed by atoms with Gasteiger partial charge < -0.3 is 5.73 Å². The van der Waals surface area contributed by atoms with Crippen molar-refractivity contribution in [1.29, 1.82) is 0 Å². The van der Waals surface area contributed by atoms with Gasteiger partial charge in [0, 0.05) is 6.04 Å². The lowest BCUT2D eigenvalue weighted by molar-refractivity contribution is 0.388. The van der Waals surface area contributed by atoms with E-state index in [-0.39, 0.29) is 6.04 Å². The van der Waals surface area contributed by atoms with Crippen molar-refractivity contribution in [2.75, 3.05) is 0 Å². The molecule has 2 nitrogen and oxygen atoms in total. The highest BCUT2D eigenvalue weighted by atomic mass is 14.8. The molecule has 0 aromatic rings. The predicted molar refractivity (Wildman–Crippen MR) is 39.8 cm³/mol. The van der Waals surface area contributed by atoms with Crippen LogP contribution in [0.25, 0.3) is 0 Å². The number of nitrogens with zero attached hydrogens (tertiary/aromatic N) is 1. The van der Waals surface area contributed by atoms with Gasteiger partial charge >= 0.3 is 0 Å². The summed E-state index contributed by atoms with van der Waals surface area (Å²) in [6.45, 7) is 3.50. The Kier molecular flexibility index (Phi) is 2.22. The summed E-state index contributed by atoms with van der Waals surface area (Å²) in [4.78, 5) is 3.95. The summed E-state index contributed by atoms with van der Waals surface area (Å²) in [5.74, 6) is 0. The molecule has 1 saturated carbocycles. The molecule has 0 aromatic heterocycles. The third kappa shape index (κ3) is 1.52. The monoisotopic (exact) mass is 126 g/mol. The summed E-state index contributed by atoms with van der Waals surface area (Å²) >= 11 is 0. The van der Waals surface area contributed by atoms with Gasteiger partial charge in [-0.15, -0.1) is 0 Å². The molecule has 52 valence electrons. The zero-order chi connectivity index (χ0) is 6.69. The van der Waals surface area contributed by atoms with Gasteiger partial charge in [0.05, 0.1) is 6.04 Å². The molecule has 0 aromatic carbocycles. The molecule has 0 heterocycles. The van der Waals surface area contributed by atoms with Gasteiger partial charge in [-0.2, -0.15) is 0 Å². The van der Waals surface area contributed by atoms with E-state index in [0.717, 1.165) is 12.8 Å². The van der Waals surface area contributed by atoms with Crippen molar-refractivity contribution in [3.8, 4) is 0 Å². The van der Waals surface area contributed by atoms with Crippen LogP contribution in [-0.2, 0) is 0 Å². The van der Waals surface area contributed by atoms with Gasteiger partial charge in [-0.05, 0) is 19.6 Å². The summed E-state index contributed by atoms with van der Waals surface area (Å²) in [5, 5.41) is 0. The Hall–Kier alpha value is -0.370. The minimum atomic E-state index is 0.288. The molecule has 0 amide bonds. The van der Waals surface area contributed by atoms with Crippen molar-refractivity contribution >= 4 is 6.72 Å². The molecule has 1 rings (SSSR count). The van der Waals surface area contributed by atoms with E-state index >= 15 is 0 Å². The van der Waals surface area contributed by atoms with Crippen LogP contribution < -0.4 is 5.73 Å². The van der Waals surface area contributed by atoms with E-state index in [0.29, 0.717) is 6.04 Å². The van der Waals surface area contributed by atoms with Crippen LogP contribution in [0.15, 0.2) is 4.99 Å². The van der Waals surface area contributed by atoms with E-state index in [1.165, 1.54) is 12.8 Å². The van der Waals surface area contributed by atoms with Crippen molar-refractivity contribution < 1.29 is 0 Å². The normalized spacial score (nSPS) is 36.1.